The Morgan fingerprint density at radius 1 is 0.909 bits per heavy atom. The Balaban J connectivity index is 1.69. The minimum atomic E-state index is -0.448. The maximum atomic E-state index is 12.4. The minimum absolute atomic E-state index is 0.0586. The minimum Gasteiger partial charge on any atom is -0.494 e. The Morgan fingerprint density at radius 3 is 2.18 bits per heavy atom. The highest BCUT2D eigenvalue weighted by Gasteiger charge is 2.11. The van der Waals surface area contributed by atoms with Gasteiger partial charge in [0.1, 0.15) is 11.5 Å². The molecule has 0 fully saturated rings. The lowest BCUT2D eigenvalue weighted by molar-refractivity contribution is -0.148. The van der Waals surface area contributed by atoms with Gasteiger partial charge in [-0.1, -0.05) is 26.0 Å². The van der Waals surface area contributed by atoms with Crippen LogP contribution in [0.25, 0.3) is 0 Å². The largest absolute Gasteiger partial charge is 0.494 e. The summed E-state index contributed by atoms with van der Waals surface area (Å²) in [6.45, 7) is 6.76. The molecule has 33 heavy (non-hydrogen) atoms. The fraction of sp³-hybridized carbons (Fsp3) is 0.423. The van der Waals surface area contributed by atoms with E-state index in [-0.39, 0.29) is 17.8 Å². The molecule has 0 radical (unpaired) electrons. The lowest BCUT2D eigenvalue weighted by Crippen LogP contribution is -2.22. The second kappa shape index (κ2) is 13.9. The zero-order valence-corrected chi connectivity index (χ0v) is 19.6. The van der Waals surface area contributed by atoms with Gasteiger partial charge in [0.05, 0.1) is 24.7 Å². The summed E-state index contributed by atoms with van der Waals surface area (Å²) in [5.41, 5.74) is 1.47. The van der Waals surface area contributed by atoms with Crippen molar-refractivity contribution in [2.75, 3.05) is 19.8 Å². The molecule has 0 aliphatic carbocycles. The van der Waals surface area contributed by atoms with E-state index in [1.807, 2.05) is 26.0 Å². The summed E-state index contributed by atoms with van der Waals surface area (Å²) in [6, 6.07) is 14.0. The van der Waals surface area contributed by atoms with Gasteiger partial charge in [-0.15, -0.1) is 0 Å². The fourth-order valence-corrected chi connectivity index (χ4v) is 2.84. The molecule has 1 N–H and O–H groups in total. The van der Waals surface area contributed by atoms with Gasteiger partial charge >= 0.3 is 11.9 Å². The highest BCUT2D eigenvalue weighted by molar-refractivity contribution is 5.91. The van der Waals surface area contributed by atoms with Crippen LogP contribution in [0.3, 0.4) is 0 Å². The van der Waals surface area contributed by atoms with Crippen LogP contribution in [-0.4, -0.2) is 37.6 Å². The summed E-state index contributed by atoms with van der Waals surface area (Å²) in [6.07, 6.45) is 2.98. The SMILES string of the molecule is CCC(C)C(=O)OCCCCOc1ccc(C(=O)Oc2ccc(CCNC(C)=O)cc2)cc1. The average molecular weight is 456 g/mol. The third kappa shape index (κ3) is 9.76. The van der Waals surface area contributed by atoms with Crippen LogP contribution in [-0.2, 0) is 20.7 Å². The summed E-state index contributed by atoms with van der Waals surface area (Å²) in [5.74, 6) is 0.391. The number of unbranched alkanes of at least 4 members (excludes halogenated alkanes) is 1. The van der Waals surface area contributed by atoms with Crippen molar-refractivity contribution in [2.45, 2.75) is 46.5 Å². The molecule has 0 saturated carbocycles. The first kappa shape index (κ1) is 25.9. The van der Waals surface area contributed by atoms with Crippen LogP contribution in [0.1, 0.15) is 56.0 Å². The summed E-state index contributed by atoms with van der Waals surface area (Å²) < 4.78 is 16.3. The van der Waals surface area contributed by atoms with Crippen LogP contribution in [0, 0.1) is 5.92 Å². The topological polar surface area (TPSA) is 90.9 Å². The molecule has 0 aliphatic heterocycles. The second-order valence-electron chi connectivity index (χ2n) is 7.82. The van der Waals surface area contributed by atoms with Gasteiger partial charge in [-0.05, 0) is 67.6 Å². The number of carbonyl (C=O) groups excluding carboxylic acids is 3. The van der Waals surface area contributed by atoms with E-state index in [2.05, 4.69) is 5.32 Å². The lowest BCUT2D eigenvalue weighted by Gasteiger charge is -2.10. The monoisotopic (exact) mass is 455 g/mol. The average Bonchev–Trinajstić information content (AvgIpc) is 2.81. The van der Waals surface area contributed by atoms with E-state index >= 15 is 0 Å². The summed E-state index contributed by atoms with van der Waals surface area (Å²) in [5, 5.41) is 2.75. The van der Waals surface area contributed by atoms with Crippen molar-refractivity contribution in [3.63, 3.8) is 0 Å². The highest BCUT2D eigenvalue weighted by Crippen LogP contribution is 2.17. The maximum Gasteiger partial charge on any atom is 0.343 e. The molecule has 1 amide bonds. The van der Waals surface area contributed by atoms with Gasteiger partial charge in [0.15, 0.2) is 0 Å². The first-order chi connectivity index (χ1) is 15.9. The number of rotatable bonds is 13. The van der Waals surface area contributed by atoms with E-state index in [1.165, 1.54) is 6.92 Å². The summed E-state index contributed by atoms with van der Waals surface area (Å²) >= 11 is 0. The first-order valence-electron chi connectivity index (χ1n) is 11.3. The zero-order chi connectivity index (χ0) is 24.1. The van der Waals surface area contributed by atoms with E-state index in [4.69, 9.17) is 14.2 Å². The number of carbonyl (C=O) groups is 3. The molecule has 2 rings (SSSR count). The fourth-order valence-electron chi connectivity index (χ4n) is 2.84. The predicted octanol–water partition coefficient (Wildman–Crippen LogP) is 4.33. The lowest BCUT2D eigenvalue weighted by atomic mass is 10.1. The van der Waals surface area contributed by atoms with Crippen molar-refractivity contribution in [3.05, 3.63) is 59.7 Å². The van der Waals surface area contributed by atoms with Gasteiger partial charge in [0.2, 0.25) is 5.91 Å². The number of amides is 1. The number of hydrogen-bond acceptors (Lipinski definition) is 6. The molecular formula is C26H33NO6. The van der Waals surface area contributed by atoms with Crippen LogP contribution in [0.15, 0.2) is 48.5 Å². The van der Waals surface area contributed by atoms with Crippen molar-refractivity contribution in [2.24, 2.45) is 5.92 Å². The molecule has 0 bridgehead atoms. The zero-order valence-electron chi connectivity index (χ0n) is 19.6. The molecule has 1 unspecified atom stereocenters. The van der Waals surface area contributed by atoms with Crippen LogP contribution < -0.4 is 14.8 Å². The van der Waals surface area contributed by atoms with Gasteiger partial charge in [-0.2, -0.15) is 0 Å². The quantitative estimate of drug-likeness (QED) is 0.275. The Labute approximate surface area is 195 Å². The normalized spacial score (nSPS) is 11.4. The van der Waals surface area contributed by atoms with E-state index in [0.29, 0.717) is 43.2 Å². The second-order valence-corrected chi connectivity index (χ2v) is 7.82. The molecule has 7 nitrogen and oxygen atoms in total. The van der Waals surface area contributed by atoms with Gasteiger partial charge in [0, 0.05) is 13.5 Å². The Morgan fingerprint density at radius 2 is 1.55 bits per heavy atom. The Kier molecular flexibility index (Phi) is 10.9. The third-order valence-electron chi connectivity index (χ3n) is 5.08. The molecule has 178 valence electrons. The number of benzene rings is 2. The number of esters is 2. The molecule has 1 atom stereocenters. The van der Waals surface area contributed by atoms with Crippen LogP contribution in [0.2, 0.25) is 0 Å². The van der Waals surface area contributed by atoms with Crippen LogP contribution >= 0.6 is 0 Å². The molecule has 2 aromatic carbocycles. The number of ether oxygens (including phenoxy) is 3. The van der Waals surface area contributed by atoms with Crippen molar-refractivity contribution < 1.29 is 28.6 Å². The predicted molar refractivity (Wildman–Crippen MR) is 125 cm³/mol. The standard InChI is InChI=1S/C26H33NO6/c1-4-19(2)25(29)32-18-6-5-17-31-23-13-9-22(10-14-23)26(30)33-24-11-7-21(8-12-24)15-16-27-20(3)28/h7-14,19H,4-6,15-18H2,1-3H3,(H,27,28). The maximum absolute atomic E-state index is 12.4. The Hall–Kier alpha value is -3.35. The molecular weight excluding hydrogens is 422 g/mol. The number of hydrogen-bond donors (Lipinski definition) is 1. The van der Waals surface area contributed by atoms with E-state index < -0.39 is 5.97 Å². The van der Waals surface area contributed by atoms with Crippen molar-refractivity contribution in [1.82, 2.24) is 5.32 Å². The van der Waals surface area contributed by atoms with Gasteiger partial charge < -0.3 is 19.5 Å². The third-order valence-corrected chi connectivity index (χ3v) is 5.08. The number of nitrogens with one attached hydrogen (secondary N) is 1. The molecule has 2 aromatic rings. The van der Waals surface area contributed by atoms with E-state index in [0.717, 1.165) is 24.8 Å². The summed E-state index contributed by atoms with van der Waals surface area (Å²) in [7, 11) is 0. The van der Waals surface area contributed by atoms with Crippen LogP contribution in [0.4, 0.5) is 0 Å². The molecule has 7 heteroatoms. The van der Waals surface area contributed by atoms with Crippen molar-refractivity contribution >= 4 is 17.8 Å². The molecule has 0 spiro atoms. The molecule has 0 aliphatic rings. The first-order valence-corrected chi connectivity index (χ1v) is 11.3. The van der Waals surface area contributed by atoms with E-state index in [1.54, 1.807) is 36.4 Å². The van der Waals surface area contributed by atoms with Crippen LogP contribution in [0.5, 0.6) is 11.5 Å². The van der Waals surface area contributed by atoms with Crippen molar-refractivity contribution in [3.8, 4) is 11.5 Å². The summed E-state index contributed by atoms with van der Waals surface area (Å²) in [4.78, 5) is 34.9. The Bertz CT molecular complexity index is 892. The van der Waals surface area contributed by atoms with Crippen molar-refractivity contribution in [1.29, 1.82) is 0 Å². The molecule has 0 aromatic heterocycles. The molecule has 0 saturated heterocycles. The van der Waals surface area contributed by atoms with E-state index in [9.17, 15) is 14.4 Å². The van der Waals surface area contributed by atoms with Gasteiger partial charge in [0.25, 0.3) is 0 Å². The van der Waals surface area contributed by atoms with Gasteiger partial charge in [-0.25, -0.2) is 4.79 Å². The molecule has 0 heterocycles. The van der Waals surface area contributed by atoms with Gasteiger partial charge in [-0.3, -0.25) is 9.59 Å². The smallest absolute Gasteiger partial charge is 0.343 e. The highest BCUT2D eigenvalue weighted by atomic mass is 16.5.